The van der Waals surface area contributed by atoms with Crippen molar-refractivity contribution >= 4 is 23.7 Å². The summed E-state index contributed by atoms with van der Waals surface area (Å²) in [5, 5.41) is 6.37. The number of ether oxygens (including phenoxy) is 1. The van der Waals surface area contributed by atoms with Crippen LogP contribution in [-0.2, 0) is 16.2 Å². The van der Waals surface area contributed by atoms with Gasteiger partial charge in [-0.05, 0) is 54.8 Å². The van der Waals surface area contributed by atoms with Gasteiger partial charge in [0.25, 0.3) is 0 Å². The minimum Gasteiger partial charge on any atom is -0.489 e. The third-order valence-corrected chi connectivity index (χ3v) is 4.41. The van der Waals surface area contributed by atoms with Crippen LogP contribution in [0.3, 0.4) is 0 Å². The molecule has 6 heteroatoms. The van der Waals surface area contributed by atoms with E-state index in [-0.39, 0.29) is 0 Å². The highest BCUT2D eigenvalue weighted by Gasteiger charge is 2.12. The maximum absolute atomic E-state index is 11.9. The fourth-order valence-corrected chi connectivity index (χ4v) is 2.66. The molecule has 0 saturated heterocycles. The topological polar surface area (TPSA) is 79.8 Å². The Kier molecular flexibility index (Phi) is 6.95. The van der Waals surface area contributed by atoms with E-state index >= 15 is 0 Å². The first-order valence-corrected chi connectivity index (χ1v) is 9.50. The van der Waals surface area contributed by atoms with Crippen LogP contribution in [0.5, 0.6) is 5.75 Å². The lowest BCUT2D eigenvalue weighted by Gasteiger charge is -2.09. The number of carbonyl (C=O) groups excluding carboxylic acids is 2. The molecule has 3 aromatic carbocycles. The van der Waals surface area contributed by atoms with Crippen LogP contribution >= 0.6 is 0 Å². The van der Waals surface area contributed by atoms with Gasteiger partial charge < -0.3 is 10.1 Å². The summed E-state index contributed by atoms with van der Waals surface area (Å²) in [4.78, 5) is 23.8. The number of amides is 2. The summed E-state index contributed by atoms with van der Waals surface area (Å²) >= 11 is 0. The van der Waals surface area contributed by atoms with Crippen LogP contribution in [0.15, 0.2) is 77.9 Å². The second-order valence-corrected chi connectivity index (χ2v) is 6.81. The van der Waals surface area contributed by atoms with Crippen LogP contribution in [-0.4, -0.2) is 18.0 Å². The van der Waals surface area contributed by atoms with E-state index in [4.69, 9.17) is 4.74 Å². The van der Waals surface area contributed by atoms with E-state index in [0.717, 1.165) is 16.7 Å². The number of carbonyl (C=O) groups is 2. The molecular weight excluding hydrogens is 378 g/mol. The zero-order valence-electron chi connectivity index (χ0n) is 16.9. The van der Waals surface area contributed by atoms with E-state index in [0.29, 0.717) is 18.0 Å². The fourth-order valence-electron chi connectivity index (χ4n) is 2.66. The number of nitrogens with zero attached hydrogens (tertiary/aromatic N) is 1. The number of nitrogens with one attached hydrogen (secondary N) is 2. The molecule has 0 aliphatic heterocycles. The van der Waals surface area contributed by atoms with Gasteiger partial charge in [0.1, 0.15) is 12.4 Å². The molecule has 0 heterocycles. The van der Waals surface area contributed by atoms with Crippen LogP contribution in [0.2, 0.25) is 0 Å². The van der Waals surface area contributed by atoms with Gasteiger partial charge in [-0.15, -0.1) is 0 Å². The van der Waals surface area contributed by atoms with Crippen molar-refractivity contribution in [2.24, 2.45) is 5.10 Å². The minimum atomic E-state index is -0.848. The molecule has 0 bridgehead atoms. The smallest absolute Gasteiger partial charge is 0.329 e. The Morgan fingerprint density at radius 1 is 0.933 bits per heavy atom. The summed E-state index contributed by atoms with van der Waals surface area (Å²) in [6.45, 7) is 4.44. The number of hydrogen-bond acceptors (Lipinski definition) is 4. The van der Waals surface area contributed by atoms with Gasteiger partial charge in [-0.25, -0.2) is 5.43 Å². The lowest BCUT2D eigenvalue weighted by atomic mass is 10.1. The predicted molar refractivity (Wildman–Crippen MR) is 117 cm³/mol. The average molecular weight is 401 g/mol. The standard InChI is InChI=1S/C24H23N3O3/c1-17-10-12-21(13-11-17)26-23(28)24(29)27-25-15-19-7-5-9-22(14-19)30-16-20-8-4-3-6-18(20)2/h3-15H,16H2,1-2H3,(H,26,28)(H,27,29)/b25-15+. The van der Waals surface area contributed by atoms with Crippen molar-refractivity contribution in [2.75, 3.05) is 5.32 Å². The first-order chi connectivity index (χ1) is 14.5. The van der Waals surface area contributed by atoms with E-state index < -0.39 is 11.8 Å². The maximum atomic E-state index is 11.9. The molecule has 6 nitrogen and oxygen atoms in total. The number of rotatable bonds is 6. The van der Waals surface area contributed by atoms with E-state index in [9.17, 15) is 9.59 Å². The monoisotopic (exact) mass is 401 g/mol. The van der Waals surface area contributed by atoms with Crippen molar-refractivity contribution in [1.82, 2.24) is 5.43 Å². The number of benzene rings is 3. The predicted octanol–water partition coefficient (Wildman–Crippen LogP) is 3.97. The first kappa shape index (κ1) is 20.8. The molecule has 0 aliphatic carbocycles. The highest BCUT2D eigenvalue weighted by molar-refractivity contribution is 6.39. The normalized spacial score (nSPS) is 10.6. The van der Waals surface area contributed by atoms with Crippen LogP contribution in [0.1, 0.15) is 22.3 Å². The third kappa shape index (κ3) is 6.04. The summed E-state index contributed by atoms with van der Waals surface area (Å²) in [7, 11) is 0. The van der Waals surface area contributed by atoms with Gasteiger partial charge in [-0.2, -0.15) is 5.10 Å². The van der Waals surface area contributed by atoms with Gasteiger partial charge in [0.2, 0.25) is 0 Å². The number of hydrogen-bond donors (Lipinski definition) is 2. The molecule has 0 radical (unpaired) electrons. The Morgan fingerprint density at radius 3 is 2.47 bits per heavy atom. The lowest BCUT2D eigenvalue weighted by Crippen LogP contribution is -2.32. The second kappa shape index (κ2) is 10.0. The molecule has 3 rings (SSSR count). The van der Waals surface area contributed by atoms with Crippen molar-refractivity contribution in [1.29, 1.82) is 0 Å². The molecule has 152 valence electrons. The lowest BCUT2D eigenvalue weighted by molar-refractivity contribution is -0.136. The van der Waals surface area contributed by atoms with Crippen molar-refractivity contribution in [3.05, 3.63) is 95.1 Å². The van der Waals surface area contributed by atoms with E-state index in [1.165, 1.54) is 11.8 Å². The molecule has 0 aliphatic rings. The van der Waals surface area contributed by atoms with Gasteiger partial charge in [0.05, 0.1) is 6.21 Å². The Labute approximate surface area is 175 Å². The van der Waals surface area contributed by atoms with Gasteiger partial charge >= 0.3 is 11.8 Å². The van der Waals surface area contributed by atoms with E-state index in [1.54, 1.807) is 18.2 Å². The number of anilines is 1. The molecule has 30 heavy (non-hydrogen) atoms. The van der Waals surface area contributed by atoms with Crippen molar-refractivity contribution in [3.63, 3.8) is 0 Å². The molecular formula is C24H23N3O3. The molecule has 2 amide bonds. The number of hydrazone groups is 1. The van der Waals surface area contributed by atoms with E-state index in [2.05, 4.69) is 15.8 Å². The largest absolute Gasteiger partial charge is 0.489 e. The minimum absolute atomic E-state index is 0.461. The van der Waals surface area contributed by atoms with Gasteiger partial charge in [-0.3, -0.25) is 9.59 Å². The Hall–Kier alpha value is -3.93. The molecule has 2 N–H and O–H groups in total. The summed E-state index contributed by atoms with van der Waals surface area (Å²) in [5.41, 5.74) is 6.85. The quantitative estimate of drug-likeness (QED) is 0.373. The van der Waals surface area contributed by atoms with Crippen molar-refractivity contribution < 1.29 is 14.3 Å². The Bertz CT molecular complexity index is 1060. The van der Waals surface area contributed by atoms with Gasteiger partial charge in [0.15, 0.2) is 0 Å². The third-order valence-electron chi connectivity index (χ3n) is 4.41. The zero-order chi connectivity index (χ0) is 21.3. The van der Waals surface area contributed by atoms with Crippen LogP contribution < -0.4 is 15.5 Å². The second-order valence-electron chi connectivity index (χ2n) is 6.81. The highest BCUT2D eigenvalue weighted by Crippen LogP contribution is 2.16. The maximum Gasteiger partial charge on any atom is 0.329 e. The van der Waals surface area contributed by atoms with Crippen LogP contribution in [0.25, 0.3) is 0 Å². The van der Waals surface area contributed by atoms with Gasteiger partial charge in [-0.1, -0.05) is 54.1 Å². The molecule has 0 unspecified atom stereocenters. The molecule has 0 aromatic heterocycles. The van der Waals surface area contributed by atoms with Crippen molar-refractivity contribution in [3.8, 4) is 5.75 Å². The molecule has 3 aromatic rings. The highest BCUT2D eigenvalue weighted by atomic mass is 16.5. The molecule has 0 atom stereocenters. The summed E-state index contributed by atoms with van der Waals surface area (Å²) in [5.74, 6) is -0.948. The van der Waals surface area contributed by atoms with E-state index in [1.807, 2.05) is 68.4 Å². The Morgan fingerprint density at radius 2 is 1.70 bits per heavy atom. The average Bonchev–Trinajstić information content (AvgIpc) is 2.75. The zero-order valence-corrected chi connectivity index (χ0v) is 16.9. The van der Waals surface area contributed by atoms with Crippen LogP contribution in [0.4, 0.5) is 5.69 Å². The first-order valence-electron chi connectivity index (χ1n) is 9.50. The molecule has 0 spiro atoms. The molecule has 0 saturated carbocycles. The summed E-state index contributed by atoms with van der Waals surface area (Å²) < 4.78 is 5.84. The number of aryl methyl sites for hydroxylation is 2. The van der Waals surface area contributed by atoms with Gasteiger partial charge in [0, 0.05) is 5.69 Å². The molecule has 0 fully saturated rings. The summed E-state index contributed by atoms with van der Waals surface area (Å²) in [6, 6.07) is 22.5. The summed E-state index contributed by atoms with van der Waals surface area (Å²) in [6.07, 6.45) is 1.46. The fraction of sp³-hybridized carbons (Fsp3) is 0.125. The SMILES string of the molecule is Cc1ccc(NC(=O)C(=O)N/N=C/c2cccc(OCc3ccccc3C)c2)cc1. The van der Waals surface area contributed by atoms with Crippen LogP contribution in [0, 0.1) is 13.8 Å². The Balaban J connectivity index is 1.52. The van der Waals surface area contributed by atoms with Crippen molar-refractivity contribution in [2.45, 2.75) is 20.5 Å².